The summed E-state index contributed by atoms with van der Waals surface area (Å²) in [5.41, 5.74) is 6.79. The Balaban J connectivity index is 4.06. The van der Waals surface area contributed by atoms with Crippen LogP contribution in [0.3, 0.4) is 0 Å². The minimum absolute atomic E-state index is 0.111. The van der Waals surface area contributed by atoms with Gasteiger partial charge in [0, 0.05) is 6.04 Å². The second kappa shape index (κ2) is 5.25. The molecule has 0 atom stereocenters. The first kappa shape index (κ1) is 11.6. The average molecular weight is 205 g/mol. The van der Waals surface area contributed by atoms with Crippen molar-refractivity contribution in [3.63, 3.8) is 0 Å². The van der Waals surface area contributed by atoms with E-state index in [0.717, 1.165) is 0 Å². The third-order valence-electron chi connectivity index (χ3n) is 0.840. The first-order valence-electron chi connectivity index (χ1n) is 3.47. The van der Waals surface area contributed by atoms with Crippen LogP contribution in [0.25, 0.3) is 0 Å². The second-order valence-electron chi connectivity index (χ2n) is 2.47. The summed E-state index contributed by atoms with van der Waals surface area (Å²) in [4.78, 5) is 13.4. The molecule has 8 heteroatoms. The Morgan fingerprint density at radius 1 is 1.69 bits per heavy atom. The fourth-order valence-electron chi connectivity index (χ4n) is 0.507. The van der Waals surface area contributed by atoms with Crippen molar-refractivity contribution in [2.75, 3.05) is 0 Å². The number of nitrogens with two attached hydrogens (primary N) is 1. The summed E-state index contributed by atoms with van der Waals surface area (Å²) in [5.74, 6) is -0.344. The van der Waals surface area contributed by atoms with Gasteiger partial charge in [-0.3, -0.25) is 0 Å². The van der Waals surface area contributed by atoms with E-state index in [0.29, 0.717) is 0 Å². The third kappa shape index (κ3) is 6.94. The summed E-state index contributed by atoms with van der Waals surface area (Å²) < 4.78 is 0. The zero-order valence-electron chi connectivity index (χ0n) is 7.27. The van der Waals surface area contributed by atoms with E-state index in [9.17, 15) is 10.1 Å². The van der Waals surface area contributed by atoms with Crippen LogP contribution in [0.1, 0.15) is 13.8 Å². The van der Waals surface area contributed by atoms with Crippen molar-refractivity contribution in [2.24, 2.45) is 10.7 Å². The van der Waals surface area contributed by atoms with E-state index in [-0.39, 0.29) is 17.1 Å². The molecular formula is C5H11N5O2S. The quantitative estimate of drug-likeness (QED) is 0.182. The molecule has 0 heterocycles. The number of thiocarbonyl (C=S) groups is 1. The molecule has 0 aromatic rings. The molecule has 0 aliphatic carbocycles. The van der Waals surface area contributed by atoms with Crippen LogP contribution in [-0.2, 0) is 0 Å². The molecule has 13 heavy (non-hydrogen) atoms. The number of hydrogen-bond donors (Lipinski definition) is 3. The Morgan fingerprint density at radius 2 is 2.23 bits per heavy atom. The van der Waals surface area contributed by atoms with Gasteiger partial charge in [-0.05, 0) is 26.1 Å². The van der Waals surface area contributed by atoms with Gasteiger partial charge in [-0.25, -0.2) is 10.1 Å². The Kier molecular flexibility index (Phi) is 4.67. The summed E-state index contributed by atoms with van der Waals surface area (Å²) in [7, 11) is 0. The molecule has 0 spiro atoms. The minimum atomic E-state index is -0.809. The lowest BCUT2D eigenvalue weighted by Gasteiger charge is -2.06. The van der Waals surface area contributed by atoms with Crippen molar-refractivity contribution < 1.29 is 5.03 Å². The Hall–Kier alpha value is -1.44. The van der Waals surface area contributed by atoms with Gasteiger partial charge in [0.15, 0.2) is 10.1 Å². The molecule has 0 aliphatic heterocycles. The summed E-state index contributed by atoms with van der Waals surface area (Å²) in [6, 6.07) is 0.111. The lowest BCUT2D eigenvalue weighted by atomic mass is 10.4. The van der Waals surface area contributed by atoms with E-state index in [1.165, 1.54) is 0 Å². The molecule has 4 N–H and O–H groups in total. The van der Waals surface area contributed by atoms with Gasteiger partial charge >= 0.3 is 0 Å². The molecule has 7 nitrogen and oxygen atoms in total. The maximum atomic E-state index is 9.88. The van der Waals surface area contributed by atoms with Crippen LogP contribution < -0.4 is 16.5 Å². The van der Waals surface area contributed by atoms with Gasteiger partial charge in [-0.15, -0.1) is 0 Å². The van der Waals surface area contributed by atoms with Gasteiger partial charge in [-0.2, -0.15) is 4.99 Å². The van der Waals surface area contributed by atoms with Crippen molar-refractivity contribution in [3.8, 4) is 0 Å². The lowest BCUT2D eigenvalue weighted by Crippen LogP contribution is -2.38. The van der Waals surface area contributed by atoms with Crippen molar-refractivity contribution in [2.45, 2.75) is 19.9 Å². The first-order valence-corrected chi connectivity index (χ1v) is 3.88. The van der Waals surface area contributed by atoms with E-state index < -0.39 is 5.03 Å². The van der Waals surface area contributed by atoms with E-state index in [2.05, 4.69) is 10.3 Å². The van der Waals surface area contributed by atoms with Crippen LogP contribution in [0.2, 0.25) is 0 Å². The number of nitro groups is 1. The fourth-order valence-corrected chi connectivity index (χ4v) is 0.841. The zero-order valence-corrected chi connectivity index (χ0v) is 8.09. The second-order valence-corrected chi connectivity index (χ2v) is 2.86. The number of rotatable bonds is 2. The highest BCUT2D eigenvalue weighted by Crippen LogP contribution is 1.81. The van der Waals surface area contributed by atoms with Gasteiger partial charge in [0.25, 0.3) is 5.96 Å². The number of nitrogens with zero attached hydrogens (tertiary/aromatic N) is 2. The first-order chi connectivity index (χ1) is 5.91. The van der Waals surface area contributed by atoms with E-state index in [1.807, 2.05) is 13.8 Å². The predicted molar refractivity (Wildman–Crippen MR) is 52.6 cm³/mol. The molecule has 0 saturated carbocycles. The van der Waals surface area contributed by atoms with Gasteiger partial charge in [-0.1, -0.05) is 5.43 Å². The molecular weight excluding hydrogens is 194 g/mol. The molecule has 0 fully saturated rings. The van der Waals surface area contributed by atoms with Crippen LogP contribution in [-0.4, -0.2) is 22.1 Å². The Morgan fingerprint density at radius 3 is 2.62 bits per heavy atom. The monoisotopic (exact) mass is 205 g/mol. The molecule has 0 aromatic carbocycles. The molecule has 0 unspecified atom stereocenters. The average Bonchev–Trinajstić information content (AvgIpc) is 1.80. The third-order valence-corrected chi connectivity index (χ3v) is 1.05. The van der Waals surface area contributed by atoms with Gasteiger partial charge in [0.1, 0.15) is 0 Å². The summed E-state index contributed by atoms with van der Waals surface area (Å²) in [6.07, 6.45) is 0. The summed E-state index contributed by atoms with van der Waals surface area (Å²) in [6.45, 7) is 3.72. The number of aliphatic imine (C=N–C) groups is 1. The Labute approximate surface area is 80.5 Å². The van der Waals surface area contributed by atoms with Gasteiger partial charge in [0.05, 0.1) is 0 Å². The number of hydrazine groups is 1. The number of hydrogen-bond acceptors (Lipinski definition) is 3. The standard InChI is InChI=1S/C5H11N5O2S/c1-3(2)7-5(13)8-4(6)9-10(11)12/h3H,1-2H3,(H4,6,7,8,9,13). The number of nitrogens with one attached hydrogen (secondary N) is 2. The molecule has 0 aromatic heterocycles. The minimum Gasteiger partial charge on any atom is -0.365 e. The van der Waals surface area contributed by atoms with Crippen molar-refractivity contribution in [3.05, 3.63) is 10.1 Å². The summed E-state index contributed by atoms with van der Waals surface area (Å²) in [5, 5.41) is 11.9. The molecule has 74 valence electrons. The number of guanidine groups is 1. The van der Waals surface area contributed by atoms with Crippen LogP contribution in [0.5, 0.6) is 0 Å². The smallest absolute Gasteiger partial charge is 0.258 e. The van der Waals surface area contributed by atoms with Crippen LogP contribution in [0.4, 0.5) is 0 Å². The topological polar surface area (TPSA) is 106 Å². The molecule has 0 amide bonds. The zero-order chi connectivity index (χ0) is 10.4. The highest BCUT2D eigenvalue weighted by molar-refractivity contribution is 7.80. The van der Waals surface area contributed by atoms with Crippen molar-refractivity contribution in [1.82, 2.24) is 10.7 Å². The van der Waals surface area contributed by atoms with E-state index in [4.69, 9.17) is 18.0 Å². The maximum Gasteiger partial charge on any atom is 0.258 e. The van der Waals surface area contributed by atoms with Crippen LogP contribution >= 0.6 is 12.2 Å². The molecule has 0 rings (SSSR count). The lowest BCUT2D eigenvalue weighted by molar-refractivity contribution is -0.525. The predicted octanol–water partition coefficient (Wildman–Crippen LogP) is -0.635. The summed E-state index contributed by atoms with van der Waals surface area (Å²) >= 11 is 4.72. The van der Waals surface area contributed by atoms with Gasteiger partial charge in [0.2, 0.25) is 0 Å². The van der Waals surface area contributed by atoms with Gasteiger partial charge < -0.3 is 11.1 Å². The highest BCUT2D eigenvalue weighted by atomic mass is 32.1. The fraction of sp³-hybridized carbons (Fsp3) is 0.600. The van der Waals surface area contributed by atoms with E-state index >= 15 is 0 Å². The van der Waals surface area contributed by atoms with Crippen LogP contribution in [0, 0.1) is 10.1 Å². The molecule has 0 aliphatic rings. The SMILES string of the molecule is CC(C)NC(=S)/N=C(/N)N[N+](=O)[O-]. The molecule has 0 saturated heterocycles. The van der Waals surface area contributed by atoms with Crippen LogP contribution in [0.15, 0.2) is 4.99 Å². The van der Waals surface area contributed by atoms with Crippen molar-refractivity contribution >= 4 is 23.3 Å². The Bertz CT molecular complexity index is 239. The van der Waals surface area contributed by atoms with E-state index in [1.54, 1.807) is 5.43 Å². The molecule has 0 bridgehead atoms. The normalized spacial score (nSPS) is 11.2. The largest absolute Gasteiger partial charge is 0.365 e. The molecule has 0 radical (unpaired) electrons. The van der Waals surface area contributed by atoms with Crippen molar-refractivity contribution in [1.29, 1.82) is 0 Å². The highest BCUT2D eigenvalue weighted by Gasteiger charge is 2.01. The maximum absolute atomic E-state index is 9.88.